The third kappa shape index (κ3) is 3.04. The number of rotatable bonds is 5. The van der Waals surface area contributed by atoms with Crippen molar-refractivity contribution in [3.63, 3.8) is 0 Å². The van der Waals surface area contributed by atoms with E-state index in [0.717, 1.165) is 35.4 Å². The first-order valence-electron chi connectivity index (χ1n) is 7.81. The van der Waals surface area contributed by atoms with E-state index in [9.17, 15) is 4.79 Å². The lowest BCUT2D eigenvalue weighted by molar-refractivity contribution is 0.102. The van der Waals surface area contributed by atoms with Crippen molar-refractivity contribution in [3.8, 4) is 0 Å². The normalized spacial score (nSPS) is 10.7. The lowest BCUT2D eigenvalue weighted by Crippen LogP contribution is -2.21. The number of amides is 1. The summed E-state index contributed by atoms with van der Waals surface area (Å²) in [7, 11) is 0. The Morgan fingerprint density at radius 1 is 1.13 bits per heavy atom. The molecule has 3 rings (SSSR count). The van der Waals surface area contributed by atoms with Crippen LogP contribution >= 0.6 is 0 Å². The van der Waals surface area contributed by atoms with Crippen molar-refractivity contribution in [2.75, 3.05) is 23.3 Å². The van der Waals surface area contributed by atoms with Crippen molar-refractivity contribution in [2.24, 2.45) is 0 Å². The number of fused-ring (bicyclic) bond motifs is 1. The minimum atomic E-state index is -0.143. The first kappa shape index (κ1) is 15.1. The van der Waals surface area contributed by atoms with Gasteiger partial charge in [0.15, 0.2) is 0 Å². The number of carbonyl (C=O) groups excluding carboxylic acids is 1. The number of benzene rings is 2. The minimum Gasteiger partial charge on any atom is -0.372 e. The second kappa shape index (κ2) is 6.52. The van der Waals surface area contributed by atoms with Gasteiger partial charge in [0, 0.05) is 29.9 Å². The standard InChI is InChI=1S/C18H20N4O/c1-3-22(4-2)15-10-8-14(9-11-15)20-18(23)16-7-5-6-13-12-19-21-17(13)16/h5-12H,3-4H2,1-2H3,(H,19,21)(H,20,23). The Kier molecular flexibility index (Phi) is 4.28. The van der Waals surface area contributed by atoms with Gasteiger partial charge in [-0.2, -0.15) is 5.10 Å². The van der Waals surface area contributed by atoms with Crippen LogP contribution in [0, 0.1) is 0 Å². The summed E-state index contributed by atoms with van der Waals surface area (Å²) in [6.45, 7) is 6.18. The molecule has 2 aromatic carbocycles. The molecular weight excluding hydrogens is 288 g/mol. The average Bonchev–Trinajstić information content (AvgIpc) is 3.06. The molecule has 0 aliphatic rings. The van der Waals surface area contributed by atoms with Crippen LogP contribution in [0.1, 0.15) is 24.2 Å². The molecule has 23 heavy (non-hydrogen) atoms. The number of carbonyl (C=O) groups is 1. The maximum atomic E-state index is 12.5. The van der Waals surface area contributed by atoms with Crippen LogP contribution in [0.2, 0.25) is 0 Å². The van der Waals surface area contributed by atoms with Crippen LogP contribution in [0.5, 0.6) is 0 Å². The third-order valence-corrected chi connectivity index (χ3v) is 3.98. The molecule has 0 aliphatic heterocycles. The van der Waals surface area contributed by atoms with Crippen LogP contribution < -0.4 is 10.2 Å². The van der Waals surface area contributed by atoms with Crippen molar-refractivity contribution in [3.05, 3.63) is 54.2 Å². The van der Waals surface area contributed by atoms with Crippen LogP contribution in [-0.2, 0) is 0 Å². The summed E-state index contributed by atoms with van der Waals surface area (Å²) in [5, 5.41) is 10.7. The molecule has 3 aromatic rings. The Labute approximate surface area is 135 Å². The second-order valence-electron chi connectivity index (χ2n) is 5.31. The van der Waals surface area contributed by atoms with Crippen LogP contribution in [0.25, 0.3) is 10.9 Å². The molecule has 5 heteroatoms. The summed E-state index contributed by atoms with van der Waals surface area (Å²) in [4.78, 5) is 14.7. The summed E-state index contributed by atoms with van der Waals surface area (Å²) in [5.41, 5.74) is 3.28. The Bertz CT molecular complexity index is 803. The fraction of sp³-hybridized carbons (Fsp3) is 0.222. The maximum absolute atomic E-state index is 12.5. The number of hydrogen-bond donors (Lipinski definition) is 2. The van der Waals surface area contributed by atoms with Gasteiger partial charge in [-0.05, 0) is 44.2 Å². The topological polar surface area (TPSA) is 61.0 Å². The van der Waals surface area contributed by atoms with E-state index in [1.807, 2.05) is 36.4 Å². The van der Waals surface area contributed by atoms with Gasteiger partial charge in [0.05, 0.1) is 17.3 Å². The lowest BCUT2D eigenvalue weighted by Gasteiger charge is -2.21. The highest BCUT2D eigenvalue weighted by Gasteiger charge is 2.11. The van der Waals surface area contributed by atoms with Crippen LogP contribution in [0.4, 0.5) is 11.4 Å². The molecule has 0 unspecified atom stereocenters. The van der Waals surface area contributed by atoms with Crippen molar-refractivity contribution in [1.82, 2.24) is 10.2 Å². The molecule has 1 amide bonds. The first-order chi connectivity index (χ1) is 11.2. The zero-order valence-corrected chi connectivity index (χ0v) is 13.3. The van der Waals surface area contributed by atoms with Crippen LogP contribution in [-0.4, -0.2) is 29.2 Å². The number of nitrogens with one attached hydrogen (secondary N) is 2. The Balaban J connectivity index is 1.79. The Morgan fingerprint density at radius 3 is 2.57 bits per heavy atom. The van der Waals surface area contributed by atoms with E-state index in [2.05, 4.69) is 34.3 Å². The van der Waals surface area contributed by atoms with Gasteiger partial charge in [-0.3, -0.25) is 9.89 Å². The third-order valence-electron chi connectivity index (χ3n) is 3.98. The van der Waals surface area contributed by atoms with Gasteiger partial charge in [-0.15, -0.1) is 0 Å². The molecular formula is C18H20N4O. The van der Waals surface area contributed by atoms with E-state index in [4.69, 9.17) is 0 Å². The van der Waals surface area contributed by atoms with Gasteiger partial charge >= 0.3 is 0 Å². The van der Waals surface area contributed by atoms with Crippen molar-refractivity contribution in [2.45, 2.75) is 13.8 Å². The summed E-state index contributed by atoms with van der Waals surface area (Å²) in [6, 6.07) is 13.5. The van der Waals surface area contributed by atoms with E-state index in [1.54, 1.807) is 12.3 Å². The average molecular weight is 308 g/mol. The van der Waals surface area contributed by atoms with Crippen molar-refractivity contribution < 1.29 is 4.79 Å². The quantitative estimate of drug-likeness (QED) is 0.756. The van der Waals surface area contributed by atoms with Gasteiger partial charge in [0.2, 0.25) is 0 Å². The minimum absolute atomic E-state index is 0.143. The van der Waals surface area contributed by atoms with E-state index in [-0.39, 0.29) is 5.91 Å². The fourth-order valence-corrected chi connectivity index (χ4v) is 2.70. The second-order valence-corrected chi connectivity index (χ2v) is 5.31. The maximum Gasteiger partial charge on any atom is 0.257 e. The highest BCUT2D eigenvalue weighted by Crippen LogP contribution is 2.20. The van der Waals surface area contributed by atoms with Crippen molar-refractivity contribution in [1.29, 1.82) is 0 Å². The zero-order valence-electron chi connectivity index (χ0n) is 13.3. The summed E-state index contributed by atoms with van der Waals surface area (Å²) in [5.74, 6) is -0.143. The molecule has 0 fully saturated rings. The number of aromatic amines is 1. The highest BCUT2D eigenvalue weighted by molar-refractivity contribution is 6.11. The first-order valence-corrected chi connectivity index (χ1v) is 7.81. The fourth-order valence-electron chi connectivity index (χ4n) is 2.70. The van der Waals surface area contributed by atoms with Gasteiger partial charge in [0.1, 0.15) is 0 Å². The van der Waals surface area contributed by atoms with Gasteiger partial charge in [-0.25, -0.2) is 0 Å². The number of para-hydroxylation sites is 1. The van der Waals surface area contributed by atoms with Gasteiger partial charge < -0.3 is 10.2 Å². The lowest BCUT2D eigenvalue weighted by atomic mass is 10.1. The molecule has 0 radical (unpaired) electrons. The monoisotopic (exact) mass is 308 g/mol. The molecule has 0 bridgehead atoms. The van der Waals surface area contributed by atoms with E-state index >= 15 is 0 Å². The molecule has 1 heterocycles. The summed E-state index contributed by atoms with van der Waals surface area (Å²) in [6.07, 6.45) is 1.71. The summed E-state index contributed by atoms with van der Waals surface area (Å²) < 4.78 is 0. The molecule has 1 aromatic heterocycles. The zero-order chi connectivity index (χ0) is 16.2. The Hall–Kier alpha value is -2.82. The molecule has 2 N–H and O–H groups in total. The van der Waals surface area contributed by atoms with Gasteiger partial charge in [0.25, 0.3) is 5.91 Å². The van der Waals surface area contributed by atoms with Crippen LogP contribution in [0.15, 0.2) is 48.7 Å². The number of anilines is 2. The van der Waals surface area contributed by atoms with E-state index < -0.39 is 0 Å². The number of aromatic nitrogens is 2. The smallest absolute Gasteiger partial charge is 0.257 e. The molecule has 0 saturated carbocycles. The predicted molar refractivity (Wildman–Crippen MR) is 94.0 cm³/mol. The van der Waals surface area contributed by atoms with Crippen LogP contribution in [0.3, 0.4) is 0 Å². The molecule has 5 nitrogen and oxygen atoms in total. The molecule has 0 spiro atoms. The largest absolute Gasteiger partial charge is 0.372 e. The molecule has 118 valence electrons. The van der Waals surface area contributed by atoms with E-state index in [1.165, 1.54) is 0 Å². The SMILES string of the molecule is CCN(CC)c1ccc(NC(=O)c2cccc3cn[nH]c23)cc1. The molecule has 0 atom stereocenters. The highest BCUT2D eigenvalue weighted by atomic mass is 16.1. The summed E-state index contributed by atoms with van der Waals surface area (Å²) >= 11 is 0. The molecule has 0 aliphatic carbocycles. The predicted octanol–water partition coefficient (Wildman–Crippen LogP) is 3.66. The van der Waals surface area contributed by atoms with Crippen molar-refractivity contribution >= 4 is 28.2 Å². The Morgan fingerprint density at radius 2 is 1.87 bits per heavy atom. The van der Waals surface area contributed by atoms with Gasteiger partial charge in [-0.1, -0.05) is 12.1 Å². The number of hydrogen-bond acceptors (Lipinski definition) is 3. The van der Waals surface area contributed by atoms with E-state index in [0.29, 0.717) is 5.56 Å². The molecule has 0 saturated heterocycles. The number of H-pyrrole nitrogens is 1. The number of nitrogens with zero attached hydrogens (tertiary/aromatic N) is 2.